The van der Waals surface area contributed by atoms with Crippen molar-refractivity contribution < 1.29 is 18.6 Å². The highest BCUT2D eigenvalue weighted by Gasteiger charge is 2.12. The number of halogens is 1. The van der Waals surface area contributed by atoms with Crippen LogP contribution >= 0.6 is 0 Å². The first-order chi connectivity index (χ1) is 10.3. The highest BCUT2D eigenvalue weighted by molar-refractivity contribution is 5.51. The normalized spacial score (nSPS) is 12.9. The van der Waals surface area contributed by atoms with Crippen LogP contribution in [-0.2, 0) is 6.54 Å². The van der Waals surface area contributed by atoms with Gasteiger partial charge in [-0.15, -0.1) is 0 Å². The van der Waals surface area contributed by atoms with Gasteiger partial charge in [0.25, 0.3) is 0 Å². The maximum atomic E-state index is 13.7. The summed E-state index contributed by atoms with van der Waals surface area (Å²) in [6.45, 7) is 1.61. The summed E-state index contributed by atoms with van der Waals surface area (Å²) in [4.78, 5) is 0. The highest BCUT2D eigenvalue weighted by atomic mass is 19.1. The van der Waals surface area contributed by atoms with E-state index in [1.54, 1.807) is 19.2 Å². The molecule has 1 heterocycles. The monoisotopic (exact) mass is 289 g/mol. The largest absolute Gasteiger partial charge is 0.497 e. The van der Waals surface area contributed by atoms with Gasteiger partial charge in [-0.1, -0.05) is 6.07 Å². The van der Waals surface area contributed by atoms with Crippen molar-refractivity contribution in [1.82, 2.24) is 0 Å². The van der Waals surface area contributed by atoms with Crippen LogP contribution < -0.4 is 19.5 Å². The summed E-state index contributed by atoms with van der Waals surface area (Å²) < 4.78 is 29.8. The Morgan fingerprint density at radius 1 is 1.10 bits per heavy atom. The van der Waals surface area contributed by atoms with Crippen LogP contribution in [0.15, 0.2) is 36.4 Å². The molecule has 4 nitrogen and oxygen atoms in total. The Labute approximate surface area is 122 Å². The number of hydrogen-bond acceptors (Lipinski definition) is 4. The fraction of sp³-hybridized carbons (Fsp3) is 0.250. The topological polar surface area (TPSA) is 39.7 Å². The van der Waals surface area contributed by atoms with Crippen molar-refractivity contribution in [2.24, 2.45) is 0 Å². The second-order valence-electron chi connectivity index (χ2n) is 4.68. The molecule has 0 radical (unpaired) electrons. The molecule has 2 aromatic carbocycles. The van der Waals surface area contributed by atoms with Crippen LogP contribution in [0, 0.1) is 5.82 Å². The van der Waals surface area contributed by atoms with E-state index >= 15 is 0 Å². The van der Waals surface area contributed by atoms with E-state index < -0.39 is 0 Å². The molecule has 5 heteroatoms. The smallest absolute Gasteiger partial charge is 0.161 e. The van der Waals surface area contributed by atoms with Crippen LogP contribution in [0.25, 0.3) is 0 Å². The van der Waals surface area contributed by atoms with Crippen LogP contribution in [-0.4, -0.2) is 20.3 Å². The third-order valence-corrected chi connectivity index (χ3v) is 3.26. The standard InChI is InChI=1S/C16H16FNO3/c1-19-12-3-4-13(17)14(9-12)18-10-11-2-5-15-16(8-11)21-7-6-20-15/h2-5,8-9,18H,6-7,10H2,1H3. The Hall–Kier alpha value is -2.43. The van der Waals surface area contributed by atoms with Crippen LogP contribution in [0.2, 0.25) is 0 Å². The van der Waals surface area contributed by atoms with E-state index in [1.807, 2.05) is 18.2 Å². The van der Waals surface area contributed by atoms with E-state index in [0.29, 0.717) is 31.2 Å². The zero-order chi connectivity index (χ0) is 14.7. The number of nitrogens with one attached hydrogen (secondary N) is 1. The van der Waals surface area contributed by atoms with Gasteiger partial charge in [0.05, 0.1) is 12.8 Å². The number of hydrogen-bond donors (Lipinski definition) is 1. The van der Waals surface area contributed by atoms with Crippen molar-refractivity contribution in [3.05, 3.63) is 47.8 Å². The highest BCUT2D eigenvalue weighted by Crippen LogP contribution is 2.31. The maximum absolute atomic E-state index is 13.7. The van der Waals surface area contributed by atoms with Gasteiger partial charge in [0.2, 0.25) is 0 Å². The first-order valence-corrected chi connectivity index (χ1v) is 6.72. The summed E-state index contributed by atoms with van der Waals surface area (Å²) in [5, 5.41) is 3.06. The van der Waals surface area contributed by atoms with Gasteiger partial charge >= 0.3 is 0 Å². The fourth-order valence-corrected chi connectivity index (χ4v) is 2.16. The van der Waals surface area contributed by atoms with Gasteiger partial charge in [0.15, 0.2) is 11.5 Å². The lowest BCUT2D eigenvalue weighted by atomic mass is 10.2. The zero-order valence-corrected chi connectivity index (χ0v) is 11.7. The summed E-state index contributed by atoms with van der Waals surface area (Å²) >= 11 is 0. The first-order valence-electron chi connectivity index (χ1n) is 6.72. The van der Waals surface area contributed by atoms with Gasteiger partial charge < -0.3 is 19.5 Å². The van der Waals surface area contributed by atoms with Gasteiger partial charge in [-0.05, 0) is 29.8 Å². The van der Waals surface area contributed by atoms with Crippen molar-refractivity contribution in [2.75, 3.05) is 25.6 Å². The van der Waals surface area contributed by atoms with Crippen molar-refractivity contribution in [3.8, 4) is 17.2 Å². The molecule has 1 N–H and O–H groups in total. The Morgan fingerprint density at radius 3 is 2.71 bits per heavy atom. The average Bonchev–Trinajstić information content (AvgIpc) is 2.54. The summed E-state index contributed by atoms with van der Waals surface area (Å²) in [5.74, 6) is 1.78. The molecule has 1 aliphatic rings. The SMILES string of the molecule is COc1ccc(F)c(NCc2ccc3c(c2)OCCO3)c1. The molecule has 0 aliphatic carbocycles. The lowest BCUT2D eigenvalue weighted by molar-refractivity contribution is 0.171. The number of benzene rings is 2. The molecule has 110 valence electrons. The molecule has 0 saturated carbocycles. The number of methoxy groups -OCH3 is 1. The lowest BCUT2D eigenvalue weighted by Crippen LogP contribution is -2.15. The number of rotatable bonds is 4. The predicted molar refractivity (Wildman–Crippen MR) is 77.7 cm³/mol. The van der Waals surface area contributed by atoms with Crippen molar-refractivity contribution in [1.29, 1.82) is 0 Å². The predicted octanol–water partition coefficient (Wildman–Crippen LogP) is 3.22. The molecule has 0 unspecified atom stereocenters. The molecular formula is C16H16FNO3. The molecule has 1 aliphatic heterocycles. The van der Waals surface area contributed by atoms with Crippen LogP contribution in [0.5, 0.6) is 17.2 Å². The Kier molecular flexibility index (Phi) is 3.81. The van der Waals surface area contributed by atoms with Crippen molar-refractivity contribution >= 4 is 5.69 Å². The van der Waals surface area contributed by atoms with Crippen molar-refractivity contribution in [3.63, 3.8) is 0 Å². The molecule has 0 aromatic heterocycles. The summed E-state index contributed by atoms with van der Waals surface area (Å²) in [7, 11) is 1.55. The lowest BCUT2D eigenvalue weighted by Gasteiger charge is -2.19. The Morgan fingerprint density at radius 2 is 1.90 bits per heavy atom. The van der Waals surface area contributed by atoms with E-state index in [-0.39, 0.29) is 5.82 Å². The third-order valence-electron chi connectivity index (χ3n) is 3.26. The maximum Gasteiger partial charge on any atom is 0.161 e. The Bertz CT molecular complexity index is 645. The fourth-order valence-electron chi connectivity index (χ4n) is 2.16. The zero-order valence-electron chi connectivity index (χ0n) is 11.7. The van der Waals surface area contributed by atoms with E-state index in [4.69, 9.17) is 14.2 Å². The van der Waals surface area contributed by atoms with Gasteiger partial charge in [-0.2, -0.15) is 0 Å². The van der Waals surface area contributed by atoms with E-state index in [2.05, 4.69) is 5.32 Å². The molecule has 0 spiro atoms. The third kappa shape index (κ3) is 3.02. The second-order valence-corrected chi connectivity index (χ2v) is 4.68. The molecule has 0 bridgehead atoms. The van der Waals surface area contributed by atoms with E-state index in [1.165, 1.54) is 6.07 Å². The molecule has 0 saturated heterocycles. The summed E-state index contributed by atoms with van der Waals surface area (Å²) in [5.41, 5.74) is 1.39. The molecular weight excluding hydrogens is 273 g/mol. The minimum absolute atomic E-state index is 0.312. The molecule has 0 atom stereocenters. The van der Waals surface area contributed by atoms with E-state index in [0.717, 1.165) is 17.1 Å². The minimum atomic E-state index is -0.312. The van der Waals surface area contributed by atoms with Crippen molar-refractivity contribution in [2.45, 2.75) is 6.54 Å². The van der Waals surface area contributed by atoms with Gasteiger partial charge in [0.1, 0.15) is 24.8 Å². The van der Waals surface area contributed by atoms with Crippen LogP contribution in [0.4, 0.5) is 10.1 Å². The van der Waals surface area contributed by atoms with Crippen LogP contribution in [0.3, 0.4) is 0 Å². The van der Waals surface area contributed by atoms with E-state index in [9.17, 15) is 4.39 Å². The average molecular weight is 289 g/mol. The quantitative estimate of drug-likeness (QED) is 0.938. The molecule has 2 aromatic rings. The molecule has 21 heavy (non-hydrogen) atoms. The summed E-state index contributed by atoms with van der Waals surface area (Å²) in [6, 6.07) is 10.3. The molecule has 0 amide bonds. The minimum Gasteiger partial charge on any atom is -0.497 e. The molecule has 0 fully saturated rings. The second kappa shape index (κ2) is 5.91. The summed E-state index contributed by atoms with van der Waals surface area (Å²) in [6.07, 6.45) is 0. The first kappa shape index (κ1) is 13.5. The van der Waals surface area contributed by atoms with Gasteiger partial charge in [-0.25, -0.2) is 4.39 Å². The Balaban J connectivity index is 1.73. The number of anilines is 1. The molecule has 3 rings (SSSR count). The number of ether oxygens (including phenoxy) is 3. The van der Waals surface area contributed by atoms with Gasteiger partial charge in [0, 0.05) is 12.6 Å². The van der Waals surface area contributed by atoms with Crippen LogP contribution in [0.1, 0.15) is 5.56 Å². The van der Waals surface area contributed by atoms with Gasteiger partial charge in [-0.3, -0.25) is 0 Å². The number of fused-ring (bicyclic) bond motifs is 1.